The predicted molar refractivity (Wildman–Crippen MR) is 108 cm³/mol. The predicted octanol–water partition coefficient (Wildman–Crippen LogP) is 1.14. The van der Waals surface area contributed by atoms with Gasteiger partial charge in [0.1, 0.15) is 6.61 Å². The SMILES string of the molecule is COCCOCCOCCOCCOCCOCCOC(=O)C(=O)c1ccccc1. The van der Waals surface area contributed by atoms with E-state index in [1.54, 1.807) is 37.4 Å². The van der Waals surface area contributed by atoms with Gasteiger partial charge in [0.25, 0.3) is 5.78 Å². The standard InChI is InChI=1S/C21H32O9/c1-24-7-8-25-9-10-26-11-12-27-13-14-28-15-16-29-17-18-30-21(23)20(22)19-5-3-2-4-6-19/h2-6H,7-18H2,1H3. The molecule has 0 aliphatic carbocycles. The van der Waals surface area contributed by atoms with Crippen LogP contribution in [0, 0.1) is 0 Å². The van der Waals surface area contributed by atoms with Gasteiger partial charge in [-0.15, -0.1) is 0 Å². The third-order valence-corrected chi connectivity index (χ3v) is 3.60. The van der Waals surface area contributed by atoms with Gasteiger partial charge in [-0.1, -0.05) is 30.3 Å². The van der Waals surface area contributed by atoms with Crippen LogP contribution in [0.5, 0.6) is 0 Å². The van der Waals surface area contributed by atoms with Gasteiger partial charge in [0.15, 0.2) is 0 Å². The Morgan fingerprint density at radius 2 is 1.00 bits per heavy atom. The van der Waals surface area contributed by atoms with Gasteiger partial charge in [0.2, 0.25) is 0 Å². The van der Waals surface area contributed by atoms with Crippen LogP contribution in [-0.2, 0) is 38.0 Å². The summed E-state index contributed by atoms with van der Waals surface area (Å²) in [5.74, 6) is -1.56. The number of rotatable bonds is 20. The Labute approximate surface area is 177 Å². The van der Waals surface area contributed by atoms with Crippen molar-refractivity contribution in [2.45, 2.75) is 0 Å². The van der Waals surface area contributed by atoms with Crippen LogP contribution in [0.15, 0.2) is 30.3 Å². The molecular weight excluding hydrogens is 396 g/mol. The number of carbonyl (C=O) groups excluding carboxylic acids is 2. The van der Waals surface area contributed by atoms with Crippen LogP contribution >= 0.6 is 0 Å². The molecule has 0 aliphatic rings. The fourth-order valence-corrected chi connectivity index (χ4v) is 2.09. The third-order valence-electron chi connectivity index (χ3n) is 3.60. The zero-order valence-electron chi connectivity index (χ0n) is 17.5. The van der Waals surface area contributed by atoms with Crippen molar-refractivity contribution in [2.24, 2.45) is 0 Å². The highest BCUT2D eigenvalue weighted by Crippen LogP contribution is 2.01. The Bertz CT molecular complexity index is 551. The van der Waals surface area contributed by atoms with Crippen LogP contribution in [0.1, 0.15) is 10.4 Å². The minimum atomic E-state index is -0.888. The summed E-state index contributed by atoms with van der Waals surface area (Å²) in [5, 5.41) is 0. The van der Waals surface area contributed by atoms with Crippen LogP contribution in [-0.4, -0.2) is 98.1 Å². The van der Waals surface area contributed by atoms with Gasteiger partial charge in [-0.05, 0) is 0 Å². The van der Waals surface area contributed by atoms with E-state index in [0.717, 1.165) is 0 Å². The third kappa shape index (κ3) is 14.2. The first kappa shape index (κ1) is 26.2. The molecule has 0 N–H and O–H groups in total. The van der Waals surface area contributed by atoms with Crippen molar-refractivity contribution < 1.29 is 42.7 Å². The number of benzene rings is 1. The molecule has 0 spiro atoms. The number of hydrogen-bond donors (Lipinski definition) is 0. The van der Waals surface area contributed by atoms with E-state index in [1.807, 2.05) is 0 Å². The van der Waals surface area contributed by atoms with E-state index >= 15 is 0 Å². The number of hydrogen-bond acceptors (Lipinski definition) is 9. The molecule has 0 heterocycles. The number of methoxy groups -OCH3 is 1. The van der Waals surface area contributed by atoms with Crippen LogP contribution in [0.3, 0.4) is 0 Å². The van der Waals surface area contributed by atoms with Crippen LogP contribution in [0.2, 0.25) is 0 Å². The van der Waals surface area contributed by atoms with Gasteiger partial charge in [0.05, 0.1) is 72.7 Å². The minimum Gasteiger partial charge on any atom is -0.457 e. The molecule has 30 heavy (non-hydrogen) atoms. The lowest BCUT2D eigenvalue weighted by atomic mass is 10.1. The van der Waals surface area contributed by atoms with Crippen molar-refractivity contribution in [3.05, 3.63) is 35.9 Å². The van der Waals surface area contributed by atoms with Crippen molar-refractivity contribution in [3.8, 4) is 0 Å². The number of Topliss-reactive ketones (excluding diaryl/α,β-unsaturated/α-hetero) is 1. The van der Waals surface area contributed by atoms with Gasteiger partial charge < -0.3 is 33.2 Å². The molecule has 9 heteroatoms. The molecule has 0 amide bonds. The largest absolute Gasteiger partial charge is 0.457 e. The Balaban J connectivity index is 1.79. The smallest absolute Gasteiger partial charge is 0.379 e. The molecule has 0 atom stereocenters. The molecule has 0 bridgehead atoms. The first-order chi connectivity index (χ1) is 14.8. The van der Waals surface area contributed by atoms with Gasteiger partial charge in [-0.25, -0.2) is 4.79 Å². The lowest BCUT2D eigenvalue weighted by Crippen LogP contribution is -2.20. The average Bonchev–Trinajstić information content (AvgIpc) is 2.78. The fraction of sp³-hybridized carbons (Fsp3) is 0.619. The summed E-state index contributed by atoms with van der Waals surface area (Å²) < 4.78 is 36.4. The van der Waals surface area contributed by atoms with Gasteiger partial charge >= 0.3 is 5.97 Å². The van der Waals surface area contributed by atoms with E-state index in [0.29, 0.717) is 71.6 Å². The van der Waals surface area contributed by atoms with Crippen LogP contribution in [0.25, 0.3) is 0 Å². The second kappa shape index (κ2) is 19.1. The molecule has 0 aromatic heterocycles. The molecule has 1 aromatic rings. The zero-order valence-corrected chi connectivity index (χ0v) is 17.5. The highest BCUT2D eigenvalue weighted by atomic mass is 16.6. The van der Waals surface area contributed by atoms with E-state index in [9.17, 15) is 9.59 Å². The molecule has 0 fully saturated rings. The first-order valence-electron chi connectivity index (χ1n) is 9.90. The molecule has 0 unspecified atom stereocenters. The number of ether oxygens (including phenoxy) is 7. The highest BCUT2D eigenvalue weighted by Gasteiger charge is 2.16. The summed E-state index contributed by atoms with van der Waals surface area (Å²) in [7, 11) is 1.63. The Kier molecular flexibility index (Phi) is 16.7. The van der Waals surface area contributed by atoms with E-state index in [4.69, 9.17) is 33.2 Å². The molecular formula is C21H32O9. The summed E-state index contributed by atoms with van der Waals surface area (Å²) in [6.07, 6.45) is 0. The van der Waals surface area contributed by atoms with Crippen LogP contribution < -0.4 is 0 Å². The molecule has 0 saturated carbocycles. The molecule has 170 valence electrons. The van der Waals surface area contributed by atoms with Crippen molar-refractivity contribution in [1.29, 1.82) is 0 Å². The Morgan fingerprint density at radius 1 is 0.600 bits per heavy atom. The number of ketones is 1. The lowest BCUT2D eigenvalue weighted by Gasteiger charge is -2.08. The van der Waals surface area contributed by atoms with E-state index in [-0.39, 0.29) is 13.2 Å². The molecule has 1 rings (SSSR count). The summed E-state index contributed by atoms with van der Waals surface area (Å²) in [6.45, 7) is 5.08. The van der Waals surface area contributed by atoms with Gasteiger partial charge in [0, 0.05) is 12.7 Å². The summed E-state index contributed by atoms with van der Waals surface area (Å²) in [6, 6.07) is 8.27. The molecule has 0 saturated heterocycles. The second-order valence-electron chi connectivity index (χ2n) is 5.89. The molecule has 9 nitrogen and oxygen atoms in total. The van der Waals surface area contributed by atoms with Crippen LogP contribution in [0.4, 0.5) is 0 Å². The Hall–Kier alpha value is -1.88. The van der Waals surface area contributed by atoms with E-state index in [1.165, 1.54) is 0 Å². The first-order valence-corrected chi connectivity index (χ1v) is 9.90. The second-order valence-corrected chi connectivity index (χ2v) is 5.89. The normalized spacial score (nSPS) is 10.8. The lowest BCUT2D eigenvalue weighted by molar-refractivity contribution is -0.139. The molecule has 1 aromatic carbocycles. The maximum absolute atomic E-state index is 11.8. The Morgan fingerprint density at radius 3 is 1.43 bits per heavy atom. The van der Waals surface area contributed by atoms with E-state index in [2.05, 4.69) is 0 Å². The average molecular weight is 428 g/mol. The maximum atomic E-state index is 11.8. The number of carbonyl (C=O) groups is 2. The summed E-state index contributed by atoms with van der Waals surface area (Å²) in [4.78, 5) is 23.4. The van der Waals surface area contributed by atoms with Crippen molar-refractivity contribution in [3.63, 3.8) is 0 Å². The highest BCUT2D eigenvalue weighted by molar-refractivity contribution is 6.40. The van der Waals surface area contributed by atoms with Gasteiger partial charge in [-0.2, -0.15) is 0 Å². The minimum absolute atomic E-state index is 0.0118. The topological polar surface area (TPSA) is 98.8 Å². The van der Waals surface area contributed by atoms with Crippen molar-refractivity contribution in [1.82, 2.24) is 0 Å². The van der Waals surface area contributed by atoms with E-state index < -0.39 is 11.8 Å². The fourth-order valence-electron chi connectivity index (χ4n) is 2.09. The molecule has 0 radical (unpaired) electrons. The van der Waals surface area contributed by atoms with Crippen molar-refractivity contribution in [2.75, 3.05) is 86.4 Å². The maximum Gasteiger partial charge on any atom is 0.379 e. The summed E-state index contributed by atoms with van der Waals surface area (Å²) in [5.41, 5.74) is 0.303. The van der Waals surface area contributed by atoms with Crippen molar-refractivity contribution >= 4 is 11.8 Å². The number of esters is 1. The zero-order chi connectivity index (χ0) is 21.7. The monoisotopic (exact) mass is 428 g/mol. The molecule has 0 aliphatic heterocycles. The van der Waals surface area contributed by atoms with Gasteiger partial charge in [-0.3, -0.25) is 4.79 Å². The quantitative estimate of drug-likeness (QED) is 0.131. The summed E-state index contributed by atoms with van der Waals surface area (Å²) >= 11 is 0.